The highest BCUT2D eigenvalue weighted by Crippen LogP contribution is 2.31. The predicted molar refractivity (Wildman–Crippen MR) is 88.2 cm³/mol. The number of benzene rings is 3. The van der Waals surface area contributed by atoms with Gasteiger partial charge in [0.25, 0.3) is 0 Å². The Morgan fingerprint density at radius 2 is 1.70 bits per heavy atom. The van der Waals surface area contributed by atoms with E-state index in [1.54, 1.807) is 0 Å². The van der Waals surface area contributed by atoms with Crippen molar-refractivity contribution in [3.05, 3.63) is 72.8 Å². The Kier molecular flexibility index (Phi) is 3.35. The Morgan fingerprint density at radius 1 is 0.950 bits per heavy atom. The number of anilines is 2. The van der Waals surface area contributed by atoms with Crippen molar-refractivity contribution in [1.29, 1.82) is 0 Å². The fraction of sp³-hybridized carbons (Fsp3) is 0. The summed E-state index contributed by atoms with van der Waals surface area (Å²) in [7, 11) is 0. The molecule has 1 radical (unpaired) electrons. The van der Waals surface area contributed by atoms with E-state index in [0.717, 1.165) is 22.1 Å². The molecule has 0 aromatic heterocycles. The van der Waals surface area contributed by atoms with Gasteiger partial charge in [0.2, 0.25) is 0 Å². The number of hydrogen-bond donors (Lipinski definition) is 1. The Morgan fingerprint density at radius 3 is 2.45 bits per heavy atom. The minimum absolute atomic E-state index is 0.309. The molecule has 0 unspecified atom stereocenters. The number of hydrogen-bond acceptors (Lipinski definition) is 1. The molecule has 0 saturated carbocycles. The highest BCUT2D eigenvalue weighted by atomic mass is 32.1. The standard InChI is InChI=1S/C17H13N2S/c18-17(20)19(14-9-2-1-3-10-14)16-12-6-8-13-7-4-5-11-15(13)16/h1-9,11-12H,(H2,18,20). The van der Waals surface area contributed by atoms with Gasteiger partial charge in [0, 0.05) is 11.5 Å². The zero-order chi connectivity index (χ0) is 13.9. The van der Waals surface area contributed by atoms with E-state index in [9.17, 15) is 0 Å². The number of nitrogens with zero attached hydrogens (tertiary/aromatic N) is 1. The maximum Gasteiger partial charge on any atom is 0.175 e. The van der Waals surface area contributed by atoms with E-state index in [0.29, 0.717) is 5.11 Å². The summed E-state index contributed by atoms with van der Waals surface area (Å²) in [5.41, 5.74) is 7.74. The summed E-state index contributed by atoms with van der Waals surface area (Å²) in [6, 6.07) is 25.1. The Hall–Kier alpha value is -2.39. The number of para-hydroxylation sites is 1. The van der Waals surface area contributed by atoms with Gasteiger partial charge in [0.1, 0.15) is 0 Å². The Balaban J connectivity index is 2.23. The van der Waals surface area contributed by atoms with Gasteiger partial charge in [-0.05, 0) is 29.7 Å². The number of nitrogens with two attached hydrogens (primary N) is 1. The van der Waals surface area contributed by atoms with Gasteiger partial charge in [0.05, 0.1) is 11.4 Å². The first kappa shape index (κ1) is 12.6. The van der Waals surface area contributed by atoms with Crippen molar-refractivity contribution >= 4 is 39.5 Å². The summed E-state index contributed by atoms with van der Waals surface area (Å²) < 4.78 is 0. The lowest BCUT2D eigenvalue weighted by molar-refractivity contribution is 1.35. The molecular weight excluding hydrogens is 264 g/mol. The van der Waals surface area contributed by atoms with E-state index in [2.05, 4.69) is 24.3 Å². The van der Waals surface area contributed by atoms with Crippen molar-refractivity contribution in [2.45, 2.75) is 0 Å². The summed E-state index contributed by atoms with van der Waals surface area (Å²) in [5, 5.41) is 2.58. The van der Waals surface area contributed by atoms with Crippen LogP contribution in [0.2, 0.25) is 0 Å². The largest absolute Gasteiger partial charge is 0.376 e. The molecule has 2 nitrogen and oxygen atoms in total. The second-order valence-corrected chi connectivity index (χ2v) is 4.84. The summed E-state index contributed by atoms with van der Waals surface area (Å²) in [6.45, 7) is 0. The molecule has 0 atom stereocenters. The van der Waals surface area contributed by atoms with Gasteiger partial charge in [-0.1, -0.05) is 54.6 Å². The third-order valence-corrected chi connectivity index (χ3v) is 3.34. The van der Waals surface area contributed by atoms with Crippen molar-refractivity contribution in [2.75, 3.05) is 4.90 Å². The highest BCUT2D eigenvalue weighted by molar-refractivity contribution is 7.80. The predicted octanol–water partition coefficient (Wildman–Crippen LogP) is 4.02. The van der Waals surface area contributed by atoms with Crippen LogP contribution in [0.25, 0.3) is 10.8 Å². The fourth-order valence-electron chi connectivity index (χ4n) is 2.29. The third kappa shape index (κ3) is 2.24. The van der Waals surface area contributed by atoms with E-state index in [-0.39, 0.29) is 0 Å². The molecule has 3 heteroatoms. The minimum Gasteiger partial charge on any atom is -0.376 e. The van der Waals surface area contributed by atoms with E-state index in [1.807, 2.05) is 53.4 Å². The highest BCUT2D eigenvalue weighted by Gasteiger charge is 2.14. The van der Waals surface area contributed by atoms with Gasteiger partial charge in [-0.25, -0.2) is 0 Å². The van der Waals surface area contributed by atoms with Crippen LogP contribution in [0.1, 0.15) is 0 Å². The van der Waals surface area contributed by atoms with Crippen LogP contribution in [0.4, 0.5) is 11.4 Å². The van der Waals surface area contributed by atoms with Crippen LogP contribution in [-0.2, 0) is 0 Å². The SMILES string of the molecule is NC(=S)N(c1[c]cccc1)c1cccc2ccccc12. The molecule has 0 aliphatic carbocycles. The normalized spacial score (nSPS) is 10.4. The molecule has 0 spiro atoms. The van der Waals surface area contributed by atoms with Gasteiger partial charge < -0.3 is 5.73 Å². The molecule has 3 aromatic rings. The third-order valence-electron chi connectivity index (χ3n) is 3.16. The number of fused-ring (bicyclic) bond motifs is 1. The van der Waals surface area contributed by atoms with Crippen LogP contribution in [-0.4, -0.2) is 5.11 Å². The summed E-state index contributed by atoms with van der Waals surface area (Å²) in [5.74, 6) is 0. The first-order chi connectivity index (χ1) is 9.77. The topological polar surface area (TPSA) is 29.3 Å². The molecule has 0 amide bonds. The monoisotopic (exact) mass is 277 g/mol. The molecule has 0 fully saturated rings. The van der Waals surface area contributed by atoms with E-state index in [4.69, 9.17) is 18.0 Å². The van der Waals surface area contributed by atoms with Crippen LogP contribution in [0.5, 0.6) is 0 Å². The lowest BCUT2D eigenvalue weighted by atomic mass is 10.1. The maximum absolute atomic E-state index is 5.93. The van der Waals surface area contributed by atoms with E-state index < -0.39 is 0 Å². The van der Waals surface area contributed by atoms with Crippen molar-refractivity contribution in [1.82, 2.24) is 0 Å². The maximum atomic E-state index is 5.93. The summed E-state index contributed by atoms with van der Waals surface area (Å²) >= 11 is 5.23. The second-order valence-electron chi connectivity index (χ2n) is 4.42. The van der Waals surface area contributed by atoms with Gasteiger partial charge in [0.15, 0.2) is 5.11 Å². The minimum atomic E-state index is 0.309. The lowest BCUT2D eigenvalue weighted by Gasteiger charge is -2.24. The lowest BCUT2D eigenvalue weighted by Crippen LogP contribution is -2.31. The molecule has 97 valence electrons. The van der Waals surface area contributed by atoms with Crippen molar-refractivity contribution in [3.63, 3.8) is 0 Å². The van der Waals surface area contributed by atoms with Crippen molar-refractivity contribution in [2.24, 2.45) is 5.73 Å². The van der Waals surface area contributed by atoms with E-state index >= 15 is 0 Å². The van der Waals surface area contributed by atoms with Crippen molar-refractivity contribution in [3.8, 4) is 0 Å². The molecule has 0 heterocycles. The fourth-order valence-corrected chi connectivity index (χ4v) is 2.49. The van der Waals surface area contributed by atoms with Crippen LogP contribution < -0.4 is 10.6 Å². The zero-order valence-electron chi connectivity index (χ0n) is 10.8. The Labute approximate surface area is 123 Å². The average Bonchev–Trinajstić information content (AvgIpc) is 2.48. The number of rotatable bonds is 2. The van der Waals surface area contributed by atoms with Crippen LogP contribution >= 0.6 is 12.2 Å². The Bertz CT molecular complexity index is 748. The second kappa shape index (κ2) is 5.31. The van der Waals surface area contributed by atoms with Gasteiger partial charge in [-0.3, -0.25) is 4.90 Å². The first-order valence-electron chi connectivity index (χ1n) is 6.31. The van der Waals surface area contributed by atoms with Crippen LogP contribution in [0.3, 0.4) is 0 Å². The average molecular weight is 277 g/mol. The zero-order valence-corrected chi connectivity index (χ0v) is 11.6. The molecule has 20 heavy (non-hydrogen) atoms. The van der Waals surface area contributed by atoms with Gasteiger partial charge in [-0.2, -0.15) is 0 Å². The van der Waals surface area contributed by atoms with E-state index in [1.165, 1.54) is 0 Å². The molecule has 2 N–H and O–H groups in total. The molecule has 0 saturated heterocycles. The molecule has 0 aliphatic heterocycles. The smallest absolute Gasteiger partial charge is 0.175 e. The summed E-state index contributed by atoms with van der Waals surface area (Å²) in [6.07, 6.45) is 0. The van der Waals surface area contributed by atoms with Gasteiger partial charge in [-0.15, -0.1) is 0 Å². The quantitative estimate of drug-likeness (QED) is 0.717. The molecule has 3 rings (SSSR count). The summed E-state index contributed by atoms with van der Waals surface area (Å²) in [4.78, 5) is 1.84. The molecule has 0 bridgehead atoms. The van der Waals surface area contributed by atoms with Crippen LogP contribution in [0.15, 0.2) is 66.7 Å². The van der Waals surface area contributed by atoms with Gasteiger partial charge >= 0.3 is 0 Å². The van der Waals surface area contributed by atoms with Crippen LogP contribution in [0, 0.1) is 6.07 Å². The first-order valence-corrected chi connectivity index (χ1v) is 6.72. The molecule has 0 aliphatic rings. The molecule has 3 aromatic carbocycles. The molecular formula is C17H13N2S. The van der Waals surface area contributed by atoms with Crippen molar-refractivity contribution < 1.29 is 0 Å². The number of thiocarbonyl (C=S) groups is 1.